The van der Waals surface area contributed by atoms with Crippen LogP contribution in [0.3, 0.4) is 0 Å². The van der Waals surface area contributed by atoms with Crippen molar-refractivity contribution in [3.05, 3.63) is 18.2 Å². The van der Waals surface area contributed by atoms with Crippen LogP contribution in [0.5, 0.6) is 11.5 Å². The van der Waals surface area contributed by atoms with Crippen LogP contribution in [-0.2, 0) is 4.74 Å². The van der Waals surface area contributed by atoms with Gasteiger partial charge in [0.15, 0.2) is 11.5 Å². The number of anilines is 1. The van der Waals surface area contributed by atoms with Crippen LogP contribution in [0.25, 0.3) is 0 Å². The molecule has 1 fully saturated rings. The fourth-order valence-electron chi connectivity index (χ4n) is 2.42. The second kappa shape index (κ2) is 5.06. The van der Waals surface area contributed by atoms with Gasteiger partial charge in [-0.3, -0.25) is 0 Å². The molecule has 1 aromatic rings. The minimum absolute atomic E-state index is 0.435. The third-order valence-electron chi connectivity index (χ3n) is 3.41. The van der Waals surface area contributed by atoms with Gasteiger partial charge in [-0.05, 0) is 31.9 Å². The van der Waals surface area contributed by atoms with Crippen LogP contribution in [0.15, 0.2) is 18.2 Å². The molecule has 2 aliphatic rings. The van der Waals surface area contributed by atoms with Gasteiger partial charge in [-0.2, -0.15) is 0 Å². The smallest absolute Gasteiger partial charge is 0.163 e. The van der Waals surface area contributed by atoms with E-state index in [9.17, 15) is 0 Å². The van der Waals surface area contributed by atoms with Crippen LogP contribution in [0.1, 0.15) is 19.8 Å². The summed E-state index contributed by atoms with van der Waals surface area (Å²) in [5.41, 5.74) is 1.10. The normalized spacial score (nSPS) is 25.4. The number of nitrogens with one attached hydrogen (secondary N) is 1. The highest BCUT2D eigenvalue weighted by molar-refractivity contribution is 5.55. The van der Waals surface area contributed by atoms with Gasteiger partial charge in [-0.15, -0.1) is 0 Å². The topological polar surface area (TPSA) is 39.7 Å². The number of hydrogen-bond donors (Lipinski definition) is 1. The van der Waals surface area contributed by atoms with Gasteiger partial charge in [-0.25, -0.2) is 0 Å². The van der Waals surface area contributed by atoms with Crippen molar-refractivity contribution in [3.63, 3.8) is 0 Å². The van der Waals surface area contributed by atoms with Crippen LogP contribution in [0.4, 0.5) is 5.69 Å². The lowest BCUT2D eigenvalue weighted by atomic mass is 9.89. The molecule has 0 aromatic heterocycles. The van der Waals surface area contributed by atoms with Gasteiger partial charge < -0.3 is 19.5 Å². The summed E-state index contributed by atoms with van der Waals surface area (Å²) in [5, 5.41) is 3.50. The molecule has 0 bridgehead atoms. The Labute approximate surface area is 107 Å². The van der Waals surface area contributed by atoms with E-state index in [2.05, 4.69) is 5.32 Å². The summed E-state index contributed by atoms with van der Waals surface area (Å²) in [6.45, 7) is 4.12. The Balaban J connectivity index is 1.57. The van der Waals surface area contributed by atoms with Crippen molar-refractivity contribution in [2.24, 2.45) is 0 Å². The third-order valence-corrected chi connectivity index (χ3v) is 3.41. The van der Waals surface area contributed by atoms with E-state index in [1.807, 2.05) is 25.1 Å². The molecule has 0 saturated heterocycles. The maximum atomic E-state index is 5.57. The molecular formula is C14H19NO3. The van der Waals surface area contributed by atoms with E-state index in [4.69, 9.17) is 14.2 Å². The Morgan fingerprint density at radius 2 is 2.00 bits per heavy atom. The van der Waals surface area contributed by atoms with E-state index in [0.717, 1.165) is 36.6 Å². The summed E-state index contributed by atoms with van der Waals surface area (Å²) >= 11 is 0. The number of fused-ring (bicyclic) bond motifs is 1. The molecule has 4 heteroatoms. The first-order valence-corrected chi connectivity index (χ1v) is 6.63. The average molecular weight is 249 g/mol. The number of ether oxygens (including phenoxy) is 3. The lowest BCUT2D eigenvalue weighted by molar-refractivity contribution is 0.00299. The van der Waals surface area contributed by atoms with Gasteiger partial charge in [0.25, 0.3) is 0 Å². The van der Waals surface area contributed by atoms with Gasteiger partial charge in [0.2, 0.25) is 0 Å². The minimum atomic E-state index is 0.435. The second-order valence-corrected chi connectivity index (χ2v) is 4.75. The van der Waals surface area contributed by atoms with Gasteiger partial charge in [-0.1, -0.05) is 0 Å². The number of benzene rings is 1. The molecule has 1 heterocycles. The zero-order valence-corrected chi connectivity index (χ0v) is 10.6. The predicted molar refractivity (Wildman–Crippen MR) is 69.5 cm³/mol. The maximum absolute atomic E-state index is 5.57. The highest BCUT2D eigenvalue weighted by Crippen LogP contribution is 2.34. The van der Waals surface area contributed by atoms with Crippen molar-refractivity contribution in [1.29, 1.82) is 0 Å². The van der Waals surface area contributed by atoms with Crippen LogP contribution in [-0.4, -0.2) is 32.0 Å². The van der Waals surface area contributed by atoms with E-state index in [1.54, 1.807) is 0 Å². The standard InChI is InChI=1S/C14H19NO3/c1-2-16-12-7-11(8-12)15-10-3-4-13-14(9-10)18-6-5-17-13/h3-4,9,11-12,15H,2,5-8H2,1H3. The Kier molecular flexibility index (Phi) is 3.28. The summed E-state index contributed by atoms with van der Waals surface area (Å²) < 4.78 is 16.6. The van der Waals surface area contributed by atoms with Crippen molar-refractivity contribution < 1.29 is 14.2 Å². The summed E-state index contributed by atoms with van der Waals surface area (Å²) in [6, 6.07) is 6.55. The van der Waals surface area contributed by atoms with E-state index in [1.165, 1.54) is 0 Å². The van der Waals surface area contributed by atoms with Crippen molar-refractivity contribution in [2.45, 2.75) is 31.9 Å². The number of rotatable bonds is 4. The Morgan fingerprint density at radius 1 is 1.22 bits per heavy atom. The molecule has 1 N–H and O–H groups in total. The predicted octanol–water partition coefficient (Wildman–Crippen LogP) is 2.44. The molecule has 1 aromatic carbocycles. The molecule has 18 heavy (non-hydrogen) atoms. The molecule has 1 aliphatic carbocycles. The first-order chi connectivity index (χ1) is 8.85. The first kappa shape index (κ1) is 11.7. The van der Waals surface area contributed by atoms with E-state index >= 15 is 0 Å². The Morgan fingerprint density at radius 3 is 2.78 bits per heavy atom. The van der Waals surface area contributed by atoms with Crippen molar-refractivity contribution in [3.8, 4) is 11.5 Å². The van der Waals surface area contributed by atoms with Crippen molar-refractivity contribution in [1.82, 2.24) is 0 Å². The highest BCUT2D eigenvalue weighted by atomic mass is 16.6. The van der Waals surface area contributed by atoms with Crippen LogP contribution >= 0.6 is 0 Å². The summed E-state index contributed by atoms with van der Waals surface area (Å²) in [6.07, 6.45) is 2.61. The minimum Gasteiger partial charge on any atom is -0.486 e. The molecular weight excluding hydrogens is 230 g/mol. The third kappa shape index (κ3) is 2.38. The zero-order valence-electron chi connectivity index (χ0n) is 10.6. The molecule has 1 saturated carbocycles. The Hall–Kier alpha value is -1.42. The fourth-order valence-corrected chi connectivity index (χ4v) is 2.42. The largest absolute Gasteiger partial charge is 0.486 e. The van der Waals surface area contributed by atoms with Gasteiger partial charge in [0, 0.05) is 24.4 Å². The first-order valence-electron chi connectivity index (χ1n) is 6.63. The van der Waals surface area contributed by atoms with Crippen LogP contribution in [0.2, 0.25) is 0 Å². The molecule has 98 valence electrons. The molecule has 1 aliphatic heterocycles. The molecule has 0 radical (unpaired) electrons. The fraction of sp³-hybridized carbons (Fsp3) is 0.571. The van der Waals surface area contributed by atoms with Crippen LogP contribution < -0.4 is 14.8 Å². The Bertz CT molecular complexity index is 416. The molecule has 0 atom stereocenters. The summed E-state index contributed by atoms with van der Waals surface area (Å²) in [5.74, 6) is 1.68. The monoisotopic (exact) mass is 249 g/mol. The highest BCUT2D eigenvalue weighted by Gasteiger charge is 2.29. The quantitative estimate of drug-likeness (QED) is 0.889. The summed E-state index contributed by atoms with van der Waals surface area (Å²) in [7, 11) is 0. The van der Waals surface area contributed by atoms with Crippen LogP contribution in [0, 0.1) is 0 Å². The van der Waals surface area contributed by atoms with Gasteiger partial charge in [0.1, 0.15) is 13.2 Å². The van der Waals surface area contributed by atoms with Crippen molar-refractivity contribution >= 4 is 5.69 Å². The lowest BCUT2D eigenvalue weighted by Crippen LogP contribution is -2.40. The zero-order chi connectivity index (χ0) is 12.4. The maximum Gasteiger partial charge on any atom is 0.163 e. The molecule has 0 unspecified atom stereocenters. The van der Waals surface area contributed by atoms with Gasteiger partial charge >= 0.3 is 0 Å². The summed E-state index contributed by atoms with van der Waals surface area (Å²) in [4.78, 5) is 0. The SMILES string of the molecule is CCOC1CC(Nc2ccc3c(c2)OCCO3)C1. The van der Waals surface area contributed by atoms with E-state index in [0.29, 0.717) is 25.4 Å². The lowest BCUT2D eigenvalue weighted by Gasteiger charge is -2.36. The molecule has 0 spiro atoms. The second-order valence-electron chi connectivity index (χ2n) is 4.75. The number of hydrogen-bond acceptors (Lipinski definition) is 4. The molecule has 4 nitrogen and oxygen atoms in total. The van der Waals surface area contributed by atoms with E-state index < -0.39 is 0 Å². The molecule has 0 amide bonds. The van der Waals surface area contributed by atoms with E-state index in [-0.39, 0.29) is 0 Å². The molecule has 3 rings (SSSR count). The average Bonchev–Trinajstić information content (AvgIpc) is 2.36. The van der Waals surface area contributed by atoms with Crippen molar-refractivity contribution in [2.75, 3.05) is 25.1 Å². The van der Waals surface area contributed by atoms with Gasteiger partial charge in [0.05, 0.1) is 6.10 Å².